The summed E-state index contributed by atoms with van der Waals surface area (Å²) in [7, 11) is 1.72. The van der Waals surface area contributed by atoms with Gasteiger partial charge in [-0.25, -0.2) is 0 Å². The Bertz CT molecular complexity index is 379. The molecule has 3 nitrogen and oxygen atoms in total. The van der Waals surface area contributed by atoms with Crippen LogP contribution >= 0.6 is 11.6 Å². The van der Waals surface area contributed by atoms with Gasteiger partial charge in [-0.2, -0.15) is 0 Å². The molecule has 1 aromatic rings. The summed E-state index contributed by atoms with van der Waals surface area (Å²) in [5.74, 6) is 1.17. The molecule has 1 aliphatic rings. The fraction of sp³-hybridized carbons (Fsp3) is 0.625. The number of hydrogen-bond donors (Lipinski definition) is 1. The summed E-state index contributed by atoms with van der Waals surface area (Å²) < 4.78 is 10.9. The first-order chi connectivity index (χ1) is 9.79. The number of methoxy groups -OCH3 is 1. The fourth-order valence-electron chi connectivity index (χ4n) is 2.12. The molecule has 1 N–H and O–H groups in total. The smallest absolute Gasteiger partial charge is 0.0587 e. The Balaban J connectivity index is 1.82. The molecule has 0 saturated heterocycles. The van der Waals surface area contributed by atoms with Gasteiger partial charge in [0, 0.05) is 37.7 Å². The number of rotatable bonds is 10. The number of nitrogens with one attached hydrogen (secondary N) is 1. The van der Waals surface area contributed by atoms with E-state index in [1.807, 2.05) is 12.1 Å². The van der Waals surface area contributed by atoms with Crippen molar-refractivity contribution in [3.8, 4) is 0 Å². The molecule has 0 bridgehead atoms. The van der Waals surface area contributed by atoms with Gasteiger partial charge in [-0.1, -0.05) is 23.7 Å². The van der Waals surface area contributed by atoms with Gasteiger partial charge in [0.05, 0.1) is 13.2 Å². The summed E-state index contributed by atoms with van der Waals surface area (Å²) in [6.45, 7) is 4.16. The molecule has 4 heteroatoms. The van der Waals surface area contributed by atoms with Crippen LogP contribution in [-0.4, -0.2) is 40.0 Å². The van der Waals surface area contributed by atoms with Gasteiger partial charge in [0.2, 0.25) is 0 Å². The van der Waals surface area contributed by atoms with E-state index in [1.165, 1.54) is 18.4 Å². The highest BCUT2D eigenvalue weighted by Gasteiger charge is 2.22. The van der Waals surface area contributed by atoms with E-state index in [4.69, 9.17) is 21.1 Å². The second-order valence-corrected chi connectivity index (χ2v) is 5.86. The van der Waals surface area contributed by atoms with Crippen LogP contribution in [0.2, 0.25) is 5.02 Å². The molecule has 1 unspecified atom stereocenters. The van der Waals surface area contributed by atoms with Crippen molar-refractivity contribution in [2.45, 2.75) is 18.8 Å². The monoisotopic (exact) mass is 297 g/mol. The van der Waals surface area contributed by atoms with Crippen LogP contribution in [0.15, 0.2) is 24.3 Å². The van der Waals surface area contributed by atoms with Crippen molar-refractivity contribution in [2.24, 2.45) is 5.92 Å². The molecule has 1 aliphatic carbocycles. The van der Waals surface area contributed by atoms with Gasteiger partial charge in [-0.15, -0.1) is 0 Å². The first-order valence-electron chi connectivity index (χ1n) is 7.32. The molecule has 1 atom stereocenters. The Morgan fingerprint density at radius 2 is 2.05 bits per heavy atom. The molecule has 0 spiro atoms. The van der Waals surface area contributed by atoms with Gasteiger partial charge in [0.15, 0.2) is 0 Å². The van der Waals surface area contributed by atoms with Gasteiger partial charge < -0.3 is 14.8 Å². The minimum absolute atomic E-state index is 0.364. The van der Waals surface area contributed by atoms with Crippen LogP contribution < -0.4 is 5.32 Å². The minimum Gasteiger partial charge on any atom is -0.383 e. The van der Waals surface area contributed by atoms with Crippen molar-refractivity contribution in [3.05, 3.63) is 34.9 Å². The molecule has 0 amide bonds. The average molecular weight is 298 g/mol. The Labute approximate surface area is 126 Å². The first kappa shape index (κ1) is 15.8. The largest absolute Gasteiger partial charge is 0.383 e. The molecule has 0 aliphatic heterocycles. The normalized spacial score (nSPS) is 16.3. The summed E-state index contributed by atoms with van der Waals surface area (Å²) in [6, 6.07) is 8.07. The lowest BCUT2D eigenvalue weighted by Gasteiger charge is -2.18. The zero-order valence-corrected chi connectivity index (χ0v) is 12.9. The predicted molar refractivity (Wildman–Crippen MR) is 82.5 cm³/mol. The molecule has 0 aromatic heterocycles. The Morgan fingerprint density at radius 3 is 2.70 bits per heavy atom. The van der Waals surface area contributed by atoms with Gasteiger partial charge in [0.25, 0.3) is 0 Å². The van der Waals surface area contributed by atoms with E-state index in [9.17, 15) is 0 Å². The Hall–Kier alpha value is -0.610. The molecule has 2 rings (SSSR count). The number of hydrogen-bond acceptors (Lipinski definition) is 3. The Morgan fingerprint density at radius 1 is 1.30 bits per heavy atom. The third-order valence-electron chi connectivity index (χ3n) is 3.58. The Kier molecular flexibility index (Phi) is 6.80. The zero-order chi connectivity index (χ0) is 14.2. The zero-order valence-electron chi connectivity index (χ0n) is 12.1. The van der Waals surface area contributed by atoms with Crippen molar-refractivity contribution in [2.75, 3.05) is 40.0 Å². The topological polar surface area (TPSA) is 30.5 Å². The van der Waals surface area contributed by atoms with Gasteiger partial charge in [-0.05, 0) is 36.5 Å². The van der Waals surface area contributed by atoms with E-state index < -0.39 is 0 Å². The second-order valence-electron chi connectivity index (χ2n) is 5.43. The lowest BCUT2D eigenvalue weighted by molar-refractivity contribution is 0.109. The van der Waals surface area contributed by atoms with E-state index in [2.05, 4.69) is 17.4 Å². The summed E-state index contributed by atoms with van der Waals surface area (Å²) in [5, 5.41) is 4.19. The molecule has 1 fully saturated rings. The number of ether oxygens (including phenoxy) is 2. The van der Waals surface area contributed by atoms with Gasteiger partial charge >= 0.3 is 0 Å². The van der Waals surface area contributed by atoms with E-state index in [0.29, 0.717) is 5.92 Å². The van der Waals surface area contributed by atoms with Gasteiger partial charge in [0.1, 0.15) is 0 Å². The third-order valence-corrected chi connectivity index (χ3v) is 3.84. The highest BCUT2D eigenvalue weighted by Crippen LogP contribution is 2.29. The van der Waals surface area contributed by atoms with Crippen molar-refractivity contribution in [1.82, 2.24) is 5.32 Å². The summed E-state index contributed by atoms with van der Waals surface area (Å²) >= 11 is 5.95. The van der Waals surface area contributed by atoms with Crippen LogP contribution in [0.3, 0.4) is 0 Å². The van der Waals surface area contributed by atoms with Crippen LogP contribution in [0.5, 0.6) is 0 Å². The van der Waals surface area contributed by atoms with Crippen LogP contribution in [0, 0.1) is 5.92 Å². The molecular formula is C16H24ClNO2. The van der Waals surface area contributed by atoms with Crippen molar-refractivity contribution in [3.63, 3.8) is 0 Å². The average Bonchev–Trinajstić information content (AvgIpc) is 3.27. The van der Waals surface area contributed by atoms with E-state index in [1.54, 1.807) is 7.11 Å². The number of benzene rings is 1. The highest BCUT2D eigenvalue weighted by atomic mass is 35.5. The molecule has 0 radical (unpaired) electrons. The summed E-state index contributed by atoms with van der Waals surface area (Å²) in [4.78, 5) is 0. The lowest BCUT2D eigenvalue weighted by atomic mass is 10.00. The molecule has 0 heterocycles. The van der Waals surface area contributed by atoms with Crippen LogP contribution in [0.4, 0.5) is 0 Å². The standard InChI is InChI=1S/C16H24ClNO2/c1-19-9-8-18-10-15(12-20-11-13-2-3-13)14-4-6-16(17)7-5-14/h4-7,13,15,18H,2-3,8-12H2,1H3. The quantitative estimate of drug-likeness (QED) is 0.673. The minimum atomic E-state index is 0.364. The van der Waals surface area contributed by atoms with Gasteiger partial charge in [-0.3, -0.25) is 0 Å². The summed E-state index contributed by atoms with van der Waals surface area (Å²) in [6.07, 6.45) is 2.66. The van der Waals surface area contributed by atoms with E-state index in [0.717, 1.165) is 43.9 Å². The maximum absolute atomic E-state index is 5.95. The maximum atomic E-state index is 5.95. The molecule has 112 valence electrons. The predicted octanol–water partition coefficient (Wildman–Crippen LogP) is 3.09. The maximum Gasteiger partial charge on any atom is 0.0587 e. The van der Waals surface area contributed by atoms with Crippen molar-refractivity contribution in [1.29, 1.82) is 0 Å². The first-order valence-corrected chi connectivity index (χ1v) is 7.70. The van der Waals surface area contributed by atoms with E-state index in [-0.39, 0.29) is 0 Å². The third kappa shape index (κ3) is 5.80. The van der Waals surface area contributed by atoms with Crippen LogP contribution in [0.25, 0.3) is 0 Å². The lowest BCUT2D eigenvalue weighted by Crippen LogP contribution is -2.27. The second kappa shape index (κ2) is 8.63. The molecule has 1 saturated carbocycles. The molecule has 1 aromatic carbocycles. The fourth-order valence-corrected chi connectivity index (χ4v) is 2.25. The van der Waals surface area contributed by atoms with Crippen LogP contribution in [-0.2, 0) is 9.47 Å². The molecule has 20 heavy (non-hydrogen) atoms. The highest BCUT2D eigenvalue weighted by molar-refractivity contribution is 6.30. The molecular weight excluding hydrogens is 274 g/mol. The van der Waals surface area contributed by atoms with Crippen molar-refractivity contribution >= 4 is 11.6 Å². The van der Waals surface area contributed by atoms with E-state index >= 15 is 0 Å². The summed E-state index contributed by atoms with van der Waals surface area (Å²) in [5.41, 5.74) is 1.27. The number of halogens is 1. The van der Waals surface area contributed by atoms with Crippen molar-refractivity contribution < 1.29 is 9.47 Å². The van der Waals surface area contributed by atoms with Crippen LogP contribution in [0.1, 0.15) is 24.3 Å². The SMILES string of the molecule is COCCNCC(COCC1CC1)c1ccc(Cl)cc1.